The van der Waals surface area contributed by atoms with E-state index < -0.39 is 0 Å². The van der Waals surface area contributed by atoms with Gasteiger partial charge in [-0.25, -0.2) is 4.39 Å². The lowest BCUT2D eigenvalue weighted by atomic mass is 9.82. The first-order chi connectivity index (χ1) is 9.12. The third kappa shape index (κ3) is 3.15. The minimum Gasteiger partial charge on any atom is -0.326 e. The topological polar surface area (TPSA) is 29.3 Å². The molecule has 1 aromatic rings. The smallest absolute Gasteiger partial charge is 0.127 e. The van der Waals surface area contributed by atoms with Gasteiger partial charge in [0.25, 0.3) is 0 Å². The van der Waals surface area contributed by atoms with Gasteiger partial charge < -0.3 is 5.73 Å². The summed E-state index contributed by atoms with van der Waals surface area (Å²) in [5.41, 5.74) is 7.86. The van der Waals surface area contributed by atoms with Crippen LogP contribution in [0.4, 0.5) is 4.39 Å². The van der Waals surface area contributed by atoms with Crippen LogP contribution in [0.3, 0.4) is 0 Å². The Balaban J connectivity index is 2.06. The Labute approximate surface area is 115 Å². The molecule has 0 radical (unpaired) electrons. The predicted octanol–water partition coefficient (Wildman–Crippen LogP) is 3.30. The third-order valence-corrected chi connectivity index (χ3v) is 4.76. The molecule has 0 bridgehead atoms. The van der Waals surface area contributed by atoms with E-state index in [1.807, 2.05) is 6.07 Å². The molecular weight excluding hydrogens is 239 g/mol. The second-order valence-corrected chi connectivity index (χ2v) is 5.80. The zero-order valence-corrected chi connectivity index (χ0v) is 12.1. The maximum absolute atomic E-state index is 13.8. The van der Waals surface area contributed by atoms with Crippen LogP contribution in [0.1, 0.15) is 44.2 Å². The first kappa shape index (κ1) is 14.5. The number of likely N-dealkylation sites (tertiary alicyclic amines) is 1. The van der Waals surface area contributed by atoms with Gasteiger partial charge in [-0.05, 0) is 42.9 Å². The number of hydrogen-bond acceptors (Lipinski definition) is 2. The molecule has 2 N–H and O–H groups in total. The van der Waals surface area contributed by atoms with Crippen LogP contribution in [0.5, 0.6) is 0 Å². The van der Waals surface area contributed by atoms with E-state index in [1.165, 1.54) is 19.3 Å². The molecule has 1 aliphatic heterocycles. The lowest BCUT2D eigenvalue weighted by Gasteiger charge is -2.26. The summed E-state index contributed by atoms with van der Waals surface area (Å²) in [6.07, 6.45) is 3.66. The number of benzene rings is 1. The molecule has 0 aliphatic carbocycles. The SMILES string of the molecule is CCC1(CC)CCN(Cc2cc(CN)ccc2F)C1. The summed E-state index contributed by atoms with van der Waals surface area (Å²) in [4.78, 5) is 2.38. The zero-order chi connectivity index (χ0) is 13.9. The number of hydrogen-bond donors (Lipinski definition) is 1. The molecule has 1 fully saturated rings. The molecule has 3 heteroatoms. The van der Waals surface area contributed by atoms with Crippen molar-refractivity contribution in [3.63, 3.8) is 0 Å². The van der Waals surface area contributed by atoms with E-state index in [0.29, 0.717) is 18.5 Å². The molecule has 0 saturated carbocycles. The zero-order valence-electron chi connectivity index (χ0n) is 12.1. The van der Waals surface area contributed by atoms with Crippen molar-refractivity contribution in [1.29, 1.82) is 0 Å². The first-order valence-electron chi connectivity index (χ1n) is 7.32. The summed E-state index contributed by atoms with van der Waals surface area (Å²) >= 11 is 0. The van der Waals surface area contributed by atoms with Crippen LogP contribution in [-0.4, -0.2) is 18.0 Å². The van der Waals surface area contributed by atoms with Gasteiger partial charge in [0, 0.05) is 25.2 Å². The molecule has 1 aliphatic rings. The number of rotatable bonds is 5. The van der Waals surface area contributed by atoms with Gasteiger partial charge >= 0.3 is 0 Å². The quantitative estimate of drug-likeness (QED) is 0.884. The highest BCUT2D eigenvalue weighted by atomic mass is 19.1. The molecule has 2 rings (SSSR count). The molecule has 0 aromatic heterocycles. The van der Waals surface area contributed by atoms with Gasteiger partial charge in [-0.3, -0.25) is 4.90 Å². The molecule has 0 unspecified atom stereocenters. The van der Waals surface area contributed by atoms with Crippen LogP contribution in [0.25, 0.3) is 0 Å². The average Bonchev–Trinajstić information content (AvgIpc) is 2.85. The fraction of sp³-hybridized carbons (Fsp3) is 0.625. The minimum absolute atomic E-state index is 0.109. The highest BCUT2D eigenvalue weighted by Gasteiger charge is 2.34. The van der Waals surface area contributed by atoms with E-state index in [-0.39, 0.29) is 5.82 Å². The molecular formula is C16H25FN2. The van der Waals surface area contributed by atoms with E-state index >= 15 is 0 Å². The van der Waals surface area contributed by atoms with Gasteiger partial charge in [-0.1, -0.05) is 26.0 Å². The Morgan fingerprint density at radius 3 is 2.63 bits per heavy atom. The lowest BCUT2D eigenvalue weighted by molar-refractivity contribution is 0.234. The average molecular weight is 264 g/mol. The largest absolute Gasteiger partial charge is 0.326 e. The van der Waals surface area contributed by atoms with Crippen LogP contribution in [0, 0.1) is 11.2 Å². The van der Waals surface area contributed by atoms with Gasteiger partial charge in [0.05, 0.1) is 0 Å². The Morgan fingerprint density at radius 2 is 2.05 bits per heavy atom. The summed E-state index contributed by atoms with van der Waals surface area (Å²) in [7, 11) is 0. The van der Waals surface area contributed by atoms with Crippen molar-refractivity contribution < 1.29 is 4.39 Å². The van der Waals surface area contributed by atoms with Crippen LogP contribution >= 0.6 is 0 Å². The molecule has 2 nitrogen and oxygen atoms in total. The van der Waals surface area contributed by atoms with Gasteiger partial charge in [-0.2, -0.15) is 0 Å². The number of nitrogens with two attached hydrogens (primary N) is 1. The monoisotopic (exact) mass is 264 g/mol. The maximum Gasteiger partial charge on any atom is 0.127 e. The Kier molecular flexibility index (Phi) is 4.58. The van der Waals surface area contributed by atoms with Crippen molar-refractivity contribution in [2.45, 2.75) is 46.2 Å². The Bertz CT molecular complexity index is 427. The van der Waals surface area contributed by atoms with Crippen LogP contribution in [0.15, 0.2) is 18.2 Å². The highest BCUT2D eigenvalue weighted by Crippen LogP contribution is 2.37. The molecule has 0 amide bonds. The summed E-state index contributed by atoms with van der Waals surface area (Å²) in [6.45, 7) is 7.88. The number of nitrogens with zero attached hydrogens (tertiary/aromatic N) is 1. The van der Waals surface area contributed by atoms with Crippen molar-refractivity contribution in [2.24, 2.45) is 11.1 Å². The second-order valence-electron chi connectivity index (χ2n) is 5.80. The Hall–Kier alpha value is -0.930. The maximum atomic E-state index is 13.8. The molecule has 1 aromatic carbocycles. The van der Waals surface area contributed by atoms with Crippen molar-refractivity contribution in [1.82, 2.24) is 4.90 Å². The van der Waals surface area contributed by atoms with Crippen molar-refractivity contribution in [3.8, 4) is 0 Å². The van der Waals surface area contributed by atoms with Gasteiger partial charge in [0.2, 0.25) is 0 Å². The van der Waals surface area contributed by atoms with E-state index in [2.05, 4.69) is 18.7 Å². The van der Waals surface area contributed by atoms with E-state index in [9.17, 15) is 4.39 Å². The predicted molar refractivity (Wildman–Crippen MR) is 77.2 cm³/mol. The molecule has 19 heavy (non-hydrogen) atoms. The highest BCUT2D eigenvalue weighted by molar-refractivity contribution is 5.25. The van der Waals surface area contributed by atoms with Crippen molar-refractivity contribution in [3.05, 3.63) is 35.1 Å². The summed E-state index contributed by atoms with van der Waals surface area (Å²) in [5.74, 6) is -0.109. The summed E-state index contributed by atoms with van der Waals surface area (Å²) in [6, 6.07) is 5.22. The minimum atomic E-state index is -0.109. The van der Waals surface area contributed by atoms with E-state index in [0.717, 1.165) is 24.2 Å². The third-order valence-electron chi connectivity index (χ3n) is 4.76. The van der Waals surface area contributed by atoms with Gasteiger partial charge in [-0.15, -0.1) is 0 Å². The van der Waals surface area contributed by atoms with Gasteiger partial charge in [0.15, 0.2) is 0 Å². The lowest BCUT2D eigenvalue weighted by Crippen LogP contribution is -2.26. The fourth-order valence-electron chi connectivity index (χ4n) is 3.11. The standard InChI is InChI=1S/C16H25FN2/c1-3-16(4-2)7-8-19(12-16)11-14-9-13(10-18)5-6-15(14)17/h5-6,9H,3-4,7-8,10-12,18H2,1-2H3. The van der Waals surface area contributed by atoms with Crippen LogP contribution < -0.4 is 5.73 Å². The molecule has 0 spiro atoms. The van der Waals surface area contributed by atoms with Crippen molar-refractivity contribution in [2.75, 3.05) is 13.1 Å². The molecule has 1 saturated heterocycles. The van der Waals surface area contributed by atoms with Crippen molar-refractivity contribution >= 4 is 0 Å². The van der Waals surface area contributed by atoms with E-state index in [4.69, 9.17) is 5.73 Å². The Morgan fingerprint density at radius 1 is 1.32 bits per heavy atom. The van der Waals surface area contributed by atoms with Crippen LogP contribution in [-0.2, 0) is 13.1 Å². The second kappa shape index (κ2) is 6.02. The first-order valence-corrected chi connectivity index (χ1v) is 7.32. The summed E-state index contributed by atoms with van der Waals surface area (Å²) in [5, 5.41) is 0. The molecule has 106 valence electrons. The summed E-state index contributed by atoms with van der Waals surface area (Å²) < 4.78 is 13.8. The molecule has 0 atom stereocenters. The number of halogens is 1. The van der Waals surface area contributed by atoms with Gasteiger partial charge in [0.1, 0.15) is 5.82 Å². The van der Waals surface area contributed by atoms with E-state index in [1.54, 1.807) is 12.1 Å². The normalized spacial score (nSPS) is 18.9. The molecule has 1 heterocycles. The fourth-order valence-corrected chi connectivity index (χ4v) is 3.11. The van der Waals surface area contributed by atoms with Crippen LogP contribution in [0.2, 0.25) is 0 Å².